The van der Waals surface area contributed by atoms with Crippen molar-refractivity contribution in [3.05, 3.63) is 41.0 Å². The highest BCUT2D eigenvalue weighted by molar-refractivity contribution is 5.88. The van der Waals surface area contributed by atoms with E-state index in [1.807, 2.05) is 13.0 Å². The molecule has 20 heavy (non-hydrogen) atoms. The second-order valence-electron chi connectivity index (χ2n) is 7.51. The maximum Gasteiger partial charge on any atom is 0.335 e. The molecule has 1 N–H and O–H groups in total. The molecule has 0 unspecified atom stereocenters. The van der Waals surface area contributed by atoms with Crippen LogP contribution in [0.4, 0.5) is 0 Å². The van der Waals surface area contributed by atoms with Crippen LogP contribution in [0.1, 0.15) is 62.0 Å². The summed E-state index contributed by atoms with van der Waals surface area (Å²) in [5.41, 5.74) is 4.42. The molecule has 0 aliphatic heterocycles. The molecule has 2 rings (SSSR count). The fourth-order valence-corrected chi connectivity index (χ4v) is 3.72. The molecule has 108 valence electrons. The van der Waals surface area contributed by atoms with Crippen LogP contribution in [-0.2, 0) is 0 Å². The number of carboxylic acid groups (broad SMARTS) is 1. The highest BCUT2D eigenvalue weighted by Crippen LogP contribution is 2.47. The van der Waals surface area contributed by atoms with Crippen LogP contribution < -0.4 is 0 Å². The molecule has 0 radical (unpaired) electrons. The van der Waals surface area contributed by atoms with E-state index in [1.165, 1.54) is 17.6 Å². The van der Waals surface area contributed by atoms with Crippen LogP contribution in [0, 0.1) is 17.8 Å². The molecule has 0 aromatic heterocycles. The van der Waals surface area contributed by atoms with E-state index in [0.717, 1.165) is 12.0 Å². The van der Waals surface area contributed by atoms with Crippen molar-refractivity contribution in [2.75, 3.05) is 0 Å². The summed E-state index contributed by atoms with van der Waals surface area (Å²) in [4.78, 5) is 11.0. The number of hydrogen-bond donors (Lipinski definition) is 1. The van der Waals surface area contributed by atoms with Crippen molar-refractivity contribution >= 4 is 11.5 Å². The van der Waals surface area contributed by atoms with Crippen molar-refractivity contribution in [1.82, 2.24) is 0 Å². The summed E-state index contributed by atoms with van der Waals surface area (Å²) in [5.74, 6) is -0.863. The Bertz CT molecular complexity index is 577. The van der Waals surface area contributed by atoms with Gasteiger partial charge in [0.05, 0.1) is 5.56 Å². The number of carbonyl (C=O) groups is 1. The summed E-state index contributed by atoms with van der Waals surface area (Å²) in [5, 5.41) is 9.06. The minimum absolute atomic E-state index is 0.189. The van der Waals surface area contributed by atoms with Crippen molar-refractivity contribution in [2.24, 2.45) is 10.8 Å². The second-order valence-corrected chi connectivity index (χ2v) is 7.51. The minimum Gasteiger partial charge on any atom is -0.478 e. The molecule has 1 aromatic carbocycles. The van der Waals surface area contributed by atoms with E-state index in [-0.39, 0.29) is 10.8 Å². The van der Waals surface area contributed by atoms with Gasteiger partial charge in [-0.1, -0.05) is 39.8 Å². The molecule has 0 heterocycles. The monoisotopic (exact) mass is 272 g/mol. The van der Waals surface area contributed by atoms with Crippen LogP contribution >= 0.6 is 0 Å². The van der Waals surface area contributed by atoms with Crippen molar-refractivity contribution in [3.63, 3.8) is 0 Å². The molecule has 0 amide bonds. The van der Waals surface area contributed by atoms with Crippen molar-refractivity contribution in [3.8, 4) is 0 Å². The van der Waals surface area contributed by atoms with Gasteiger partial charge in [-0.3, -0.25) is 0 Å². The molecule has 0 fully saturated rings. The number of aromatic carboxylic acids is 1. The first-order valence-corrected chi connectivity index (χ1v) is 7.16. The molecule has 0 spiro atoms. The van der Waals surface area contributed by atoms with E-state index in [9.17, 15) is 4.79 Å². The summed E-state index contributed by atoms with van der Waals surface area (Å²) >= 11 is 0. The zero-order valence-corrected chi connectivity index (χ0v) is 13.1. The maximum absolute atomic E-state index is 11.0. The van der Waals surface area contributed by atoms with Crippen LogP contribution in [0.15, 0.2) is 24.3 Å². The predicted molar refractivity (Wildman–Crippen MR) is 82.9 cm³/mol. The smallest absolute Gasteiger partial charge is 0.335 e. The molecule has 1 aromatic rings. The van der Waals surface area contributed by atoms with E-state index >= 15 is 0 Å². The third-order valence-corrected chi connectivity index (χ3v) is 3.99. The van der Waals surface area contributed by atoms with Crippen LogP contribution in [0.3, 0.4) is 0 Å². The summed E-state index contributed by atoms with van der Waals surface area (Å²) < 4.78 is 0. The number of rotatable bonds is 2. The zero-order chi connectivity index (χ0) is 15.1. The molecule has 0 atom stereocenters. The van der Waals surface area contributed by atoms with Gasteiger partial charge in [0.15, 0.2) is 0 Å². The minimum atomic E-state index is -0.863. The topological polar surface area (TPSA) is 37.3 Å². The fourth-order valence-electron chi connectivity index (χ4n) is 3.72. The number of hydrogen-bond acceptors (Lipinski definition) is 1. The summed E-state index contributed by atoms with van der Waals surface area (Å²) in [7, 11) is 0. The molecule has 2 heteroatoms. The summed E-state index contributed by atoms with van der Waals surface area (Å²) in [6.07, 6.45) is 4.58. The van der Waals surface area contributed by atoms with Crippen molar-refractivity contribution in [2.45, 2.75) is 47.5 Å². The van der Waals surface area contributed by atoms with Gasteiger partial charge >= 0.3 is 5.97 Å². The Labute approximate surface area is 121 Å². The Morgan fingerprint density at radius 3 is 2.35 bits per heavy atom. The lowest BCUT2D eigenvalue weighted by atomic mass is 9.65. The Kier molecular flexibility index (Phi) is 3.53. The summed E-state index contributed by atoms with van der Waals surface area (Å²) in [6, 6.07) is 5.44. The number of carboxylic acids is 1. The van der Waals surface area contributed by atoms with Gasteiger partial charge in [0, 0.05) is 0 Å². The Hall–Kier alpha value is -1.57. The van der Waals surface area contributed by atoms with E-state index in [4.69, 9.17) is 5.11 Å². The van der Waals surface area contributed by atoms with Crippen LogP contribution in [0.2, 0.25) is 0 Å². The van der Waals surface area contributed by atoms with Gasteiger partial charge in [-0.15, -0.1) is 0 Å². The average molecular weight is 272 g/mol. The average Bonchev–Trinajstić information content (AvgIpc) is 2.24. The molecule has 0 saturated carbocycles. The van der Waals surface area contributed by atoms with Gasteiger partial charge in [-0.05, 0) is 59.4 Å². The quantitative estimate of drug-likeness (QED) is 0.829. The second kappa shape index (κ2) is 4.76. The normalized spacial score (nSPS) is 20.4. The van der Waals surface area contributed by atoms with Gasteiger partial charge in [0.25, 0.3) is 0 Å². The Morgan fingerprint density at radius 2 is 1.85 bits per heavy atom. The standard InChI is InChI=1S/C18H24O2/c1-12-8-13(16(19)20)6-7-15(12)14-9-17(2,3)11-18(4,5)10-14/h6-9H,10-11H2,1-5H3,(H,19,20). The predicted octanol–water partition coefficient (Wildman–Crippen LogP) is 4.92. The molecular weight excluding hydrogens is 248 g/mol. The fraction of sp³-hybridized carbons (Fsp3) is 0.500. The third-order valence-electron chi connectivity index (χ3n) is 3.99. The van der Waals surface area contributed by atoms with Crippen LogP contribution in [0.25, 0.3) is 5.57 Å². The molecular formula is C18H24O2. The van der Waals surface area contributed by atoms with Crippen LogP contribution in [-0.4, -0.2) is 11.1 Å². The van der Waals surface area contributed by atoms with E-state index in [1.54, 1.807) is 12.1 Å². The largest absolute Gasteiger partial charge is 0.478 e. The Morgan fingerprint density at radius 1 is 1.20 bits per heavy atom. The molecule has 0 saturated heterocycles. The lowest BCUT2D eigenvalue weighted by Gasteiger charge is -2.39. The highest BCUT2D eigenvalue weighted by Gasteiger charge is 2.33. The zero-order valence-electron chi connectivity index (χ0n) is 13.1. The summed E-state index contributed by atoms with van der Waals surface area (Å²) in [6.45, 7) is 11.2. The van der Waals surface area contributed by atoms with E-state index < -0.39 is 5.97 Å². The molecule has 1 aliphatic carbocycles. The first-order valence-electron chi connectivity index (χ1n) is 7.16. The van der Waals surface area contributed by atoms with Gasteiger partial charge in [0.2, 0.25) is 0 Å². The first kappa shape index (κ1) is 14.8. The van der Waals surface area contributed by atoms with Gasteiger partial charge in [-0.2, -0.15) is 0 Å². The maximum atomic E-state index is 11.0. The van der Waals surface area contributed by atoms with E-state index in [0.29, 0.717) is 5.56 Å². The number of aryl methyl sites for hydroxylation is 1. The van der Waals surface area contributed by atoms with Crippen LogP contribution in [0.5, 0.6) is 0 Å². The Balaban J connectivity index is 2.46. The first-order chi connectivity index (χ1) is 9.10. The number of benzene rings is 1. The van der Waals surface area contributed by atoms with Gasteiger partial charge in [0.1, 0.15) is 0 Å². The number of allylic oxidation sites excluding steroid dienone is 2. The van der Waals surface area contributed by atoms with E-state index in [2.05, 4.69) is 33.8 Å². The highest BCUT2D eigenvalue weighted by atomic mass is 16.4. The molecule has 2 nitrogen and oxygen atoms in total. The molecule has 1 aliphatic rings. The molecule has 0 bridgehead atoms. The van der Waals surface area contributed by atoms with Crippen molar-refractivity contribution < 1.29 is 9.90 Å². The third kappa shape index (κ3) is 3.12. The van der Waals surface area contributed by atoms with Gasteiger partial charge < -0.3 is 5.11 Å². The van der Waals surface area contributed by atoms with Gasteiger partial charge in [-0.25, -0.2) is 4.79 Å². The SMILES string of the molecule is Cc1cc(C(=O)O)ccc1C1=CC(C)(C)CC(C)(C)C1. The lowest BCUT2D eigenvalue weighted by Crippen LogP contribution is -2.26. The van der Waals surface area contributed by atoms with Crippen molar-refractivity contribution in [1.29, 1.82) is 0 Å². The lowest BCUT2D eigenvalue weighted by molar-refractivity contribution is 0.0696.